The van der Waals surface area contributed by atoms with Gasteiger partial charge in [0, 0.05) is 6.20 Å². The van der Waals surface area contributed by atoms with Gasteiger partial charge in [-0.25, -0.2) is 8.78 Å². The number of rotatable bonds is 4. The minimum Gasteiger partial charge on any atom is -0.306 e. The standard InChI is InChI=1S/C13H13F2N3/c1-2-16-13(10-5-6-17-18-8-10)9-3-4-11(14)12(15)7-9/h3-8,13,16H,2H2,1H3. The molecule has 2 rings (SSSR count). The van der Waals surface area contributed by atoms with Gasteiger partial charge in [-0.1, -0.05) is 13.0 Å². The summed E-state index contributed by atoms with van der Waals surface area (Å²) in [5.41, 5.74) is 1.52. The van der Waals surface area contributed by atoms with Gasteiger partial charge in [0.15, 0.2) is 11.6 Å². The van der Waals surface area contributed by atoms with E-state index in [2.05, 4.69) is 15.5 Å². The first-order chi connectivity index (χ1) is 8.72. The molecule has 0 saturated heterocycles. The second-order valence-corrected chi connectivity index (χ2v) is 3.84. The largest absolute Gasteiger partial charge is 0.306 e. The van der Waals surface area contributed by atoms with E-state index in [4.69, 9.17) is 0 Å². The lowest BCUT2D eigenvalue weighted by Gasteiger charge is -2.18. The van der Waals surface area contributed by atoms with E-state index in [-0.39, 0.29) is 6.04 Å². The zero-order valence-corrected chi connectivity index (χ0v) is 9.90. The van der Waals surface area contributed by atoms with Crippen molar-refractivity contribution >= 4 is 0 Å². The van der Waals surface area contributed by atoms with E-state index >= 15 is 0 Å². The maximum atomic E-state index is 13.3. The SMILES string of the molecule is CCNC(c1ccnnc1)c1ccc(F)c(F)c1. The van der Waals surface area contributed by atoms with Crippen molar-refractivity contribution in [1.82, 2.24) is 15.5 Å². The van der Waals surface area contributed by atoms with Gasteiger partial charge in [0.1, 0.15) is 0 Å². The molecule has 94 valence electrons. The number of nitrogens with one attached hydrogen (secondary N) is 1. The van der Waals surface area contributed by atoms with Gasteiger partial charge >= 0.3 is 0 Å². The topological polar surface area (TPSA) is 37.8 Å². The third kappa shape index (κ3) is 2.68. The van der Waals surface area contributed by atoms with E-state index in [1.54, 1.807) is 24.5 Å². The van der Waals surface area contributed by atoms with Crippen molar-refractivity contribution in [3.05, 3.63) is 59.4 Å². The van der Waals surface area contributed by atoms with Crippen molar-refractivity contribution in [2.75, 3.05) is 6.54 Å². The highest BCUT2D eigenvalue weighted by Crippen LogP contribution is 2.22. The maximum absolute atomic E-state index is 13.3. The Labute approximate surface area is 104 Å². The highest BCUT2D eigenvalue weighted by atomic mass is 19.2. The zero-order valence-electron chi connectivity index (χ0n) is 9.90. The Hall–Kier alpha value is -1.88. The molecule has 0 aliphatic heterocycles. The molecule has 5 heteroatoms. The molecule has 0 saturated carbocycles. The number of benzene rings is 1. The molecule has 0 spiro atoms. The average molecular weight is 249 g/mol. The summed E-state index contributed by atoms with van der Waals surface area (Å²) in [5.74, 6) is -1.70. The fourth-order valence-corrected chi connectivity index (χ4v) is 1.80. The fourth-order valence-electron chi connectivity index (χ4n) is 1.80. The van der Waals surface area contributed by atoms with Crippen molar-refractivity contribution < 1.29 is 8.78 Å². The van der Waals surface area contributed by atoms with Crippen LogP contribution in [0.4, 0.5) is 8.78 Å². The summed E-state index contributed by atoms with van der Waals surface area (Å²) >= 11 is 0. The van der Waals surface area contributed by atoms with Crippen LogP contribution in [0.25, 0.3) is 0 Å². The van der Waals surface area contributed by atoms with Gasteiger partial charge in [-0.05, 0) is 35.9 Å². The molecule has 0 fully saturated rings. The molecule has 18 heavy (non-hydrogen) atoms. The zero-order chi connectivity index (χ0) is 13.0. The molecule has 0 aliphatic carbocycles. The second-order valence-electron chi connectivity index (χ2n) is 3.84. The van der Waals surface area contributed by atoms with Crippen LogP contribution in [-0.4, -0.2) is 16.7 Å². The van der Waals surface area contributed by atoms with E-state index < -0.39 is 11.6 Å². The highest BCUT2D eigenvalue weighted by Gasteiger charge is 2.15. The van der Waals surface area contributed by atoms with Gasteiger partial charge in [-0.2, -0.15) is 10.2 Å². The average Bonchev–Trinajstić information content (AvgIpc) is 2.40. The van der Waals surface area contributed by atoms with Crippen molar-refractivity contribution in [2.24, 2.45) is 0 Å². The summed E-state index contributed by atoms with van der Waals surface area (Å²) < 4.78 is 26.2. The van der Waals surface area contributed by atoms with Crippen LogP contribution in [0.2, 0.25) is 0 Å². The van der Waals surface area contributed by atoms with Crippen LogP contribution in [0.15, 0.2) is 36.7 Å². The molecule has 0 bridgehead atoms. The summed E-state index contributed by atoms with van der Waals surface area (Å²) in [6, 6.07) is 5.46. The van der Waals surface area contributed by atoms with Gasteiger partial charge in [0.2, 0.25) is 0 Å². The predicted octanol–water partition coefficient (Wildman–Crippen LogP) is 2.45. The Balaban J connectivity index is 2.38. The number of nitrogens with zero attached hydrogens (tertiary/aromatic N) is 2. The van der Waals surface area contributed by atoms with Crippen LogP contribution in [0.3, 0.4) is 0 Å². The summed E-state index contributed by atoms with van der Waals surface area (Å²) in [4.78, 5) is 0. The first kappa shape index (κ1) is 12.6. The third-order valence-electron chi connectivity index (χ3n) is 2.63. The van der Waals surface area contributed by atoms with Crippen LogP contribution in [0.1, 0.15) is 24.1 Å². The van der Waals surface area contributed by atoms with E-state index in [1.807, 2.05) is 6.92 Å². The molecule has 1 heterocycles. The molecule has 0 amide bonds. The Morgan fingerprint density at radius 2 is 1.94 bits per heavy atom. The Morgan fingerprint density at radius 3 is 2.56 bits per heavy atom. The first-order valence-electron chi connectivity index (χ1n) is 5.67. The van der Waals surface area contributed by atoms with Gasteiger partial charge in [0.05, 0.1) is 12.2 Å². The number of aromatic nitrogens is 2. The lowest BCUT2D eigenvalue weighted by atomic mass is 10.0. The molecule has 1 aromatic carbocycles. The normalized spacial score (nSPS) is 12.4. The predicted molar refractivity (Wildman–Crippen MR) is 63.9 cm³/mol. The Morgan fingerprint density at radius 1 is 1.11 bits per heavy atom. The van der Waals surface area contributed by atoms with E-state index in [9.17, 15) is 8.78 Å². The maximum Gasteiger partial charge on any atom is 0.159 e. The number of hydrogen-bond donors (Lipinski definition) is 1. The number of hydrogen-bond acceptors (Lipinski definition) is 3. The van der Waals surface area contributed by atoms with Crippen molar-refractivity contribution in [3.8, 4) is 0 Å². The van der Waals surface area contributed by atoms with Crippen molar-refractivity contribution in [2.45, 2.75) is 13.0 Å². The van der Waals surface area contributed by atoms with Crippen molar-refractivity contribution in [3.63, 3.8) is 0 Å². The van der Waals surface area contributed by atoms with E-state index in [0.717, 1.165) is 11.6 Å². The lowest BCUT2D eigenvalue weighted by molar-refractivity contribution is 0.503. The molecule has 0 radical (unpaired) electrons. The Bertz CT molecular complexity index is 517. The number of halogens is 2. The Kier molecular flexibility index (Phi) is 3.94. The van der Waals surface area contributed by atoms with Crippen LogP contribution < -0.4 is 5.32 Å². The molecule has 2 aromatic rings. The second kappa shape index (κ2) is 5.64. The third-order valence-corrected chi connectivity index (χ3v) is 2.63. The van der Waals surface area contributed by atoms with Crippen LogP contribution in [0, 0.1) is 11.6 Å². The monoisotopic (exact) mass is 249 g/mol. The smallest absolute Gasteiger partial charge is 0.159 e. The highest BCUT2D eigenvalue weighted by molar-refractivity contribution is 5.30. The quantitative estimate of drug-likeness (QED) is 0.904. The molecular formula is C13H13F2N3. The molecule has 3 nitrogen and oxygen atoms in total. The fraction of sp³-hybridized carbons (Fsp3) is 0.231. The minimum absolute atomic E-state index is 0.222. The van der Waals surface area contributed by atoms with Gasteiger partial charge in [-0.3, -0.25) is 0 Å². The van der Waals surface area contributed by atoms with E-state index in [0.29, 0.717) is 12.1 Å². The molecule has 1 atom stereocenters. The summed E-state index contributed by atoms with van der Waals surface area (Å²) in [7, 11) is 0. The minimum atomic E-state index is -0.850. The summed E-state index contributed by atoms with van der Waals surface area (Å²) in [6.45, 7) is 2.65. The van der Waals surface area contributed by atoms with Gasteiger partial charge in [-0.15, -0.1) is 0 Å². The molecular weight excluding hydrogens is 236 g/mol. The summed E-state index contributed by atoms with van der Waals surface area (Å²) in [5, 5.41) is 10.7. The van der Waals surface area contributed by atoms with Gasteiger partial charge < -0.3 is 5.32 Å². The van der Waals surface area contributed by atoms with Crippen LogP contribution in [0.5, 0.6) is 0 Å². The molecule has 1 N–H and O–H groups in total. The van der Waals surface area contributed by atoms with Gasteiger partial charge in [0.25, 0.3) is 0 Å². The lowest BCUT2D eigenvalue weighted by Crippen LogP contribution is -2.22. The van der Waals surface area contributed by atoms with E-state index in [1.165, 1.54) is 6.07 Å². The summed E-state index contributed by atoms with van der Waals surface area (Å²) in [6.07, 6.45) is 3.17. The first-order valence-corrected chi connectivity index (χ1v) is 5.67. The van der Waals surface area contributed by atoms with Crippen molar-refractivity contribution in [1.29, 1.82) is 0 Å². The van der Waals surface area contributed by atoms with Crippen LogP contribution in [-0.2, 0) is 0 Å². The molecule has 1 aromatic heterocycles. The molecule has 1 unspecified atom stereocenters. The van der Waals surface area contributed by atoms with Crippen LogP contribution >= 0.6 is 0 Å². The molecule has 0 aliphatic rings.